The first-order valence-electron chi connectivity index (χ1n) is 5.92. The molecular formula is C13H15N3OS. The molecule has 0 bridgehead atoms. The molecular weight excluding hydrogens is 246 g/mol. The Balaban J connectivity index is 2.18. The maximum absolute atomic E-state index is 11.7. The Morgan fingerprint density at radius 1 is 1.67 bits per heavy atom. The van der Waals surface area contributed by atoms with E-state index >= 15 is 0 Å². The number of fused-ring (bicyclic) bond motifs is 1. The minimum absolute atomic E-state index is 0.0574. The lowest BCUT2D eigenvalue weighted by atomic mass is 10.1. The summed E-state index contributed by atoms with van der Waals surface area (Å²) in [5, 5.41) is 16.0. The van der Waals surface area contributed by atoms with Gasteiger partial charge >= 0.3 is 0 Å². The number of nitriles is 1. The summed E-state index contributed by atoms with van der Waals surface area (Å²) in [6.45, 7) is 5.27. The molecule has 0 atom stereocenters. The number of thiophene rings is 1. The van der Waals surface area contributed by atoms with Gasteiger partial charge in [0.1, 0.15) is 11.1 Å². The summed E-state index contributed by atoms with van der Waals surface area (Å²) in [7, 11) is 0. The van der Waals surface area contributed by atoms with Crippen LogP contribution in [-0.2, 0) is 17.8 Å². The van der Waals surface area contributed by atoms with Crippen molar-refractivity contribution in [2.75, 3.05) is 11.9 Å². The molecule has 0 radical (unpaired) electrons. The van der Waals surface area contributed by atoms with Crippen molar-refractivity contribution in [3.8, 4) is 6.07 Å². The number of carbonyl (C=O) groups is 1. The van der Waals surface area contributed by atoms with Crippen LogP contribution in [0.15, 0.2) is 12.7 Å². The van der Waals surface area contributed by atoms with Gasteiger partial charge in [-0.3, -0.25) is 4.79 Å². The largest absolute Gasteiger partial charge is 0.317 e. The van der Waals surface area contributed by atoms with Crippen LogP contribution in [0.4, 0.5) is 5.00 Å². The molecule has 5 heteroatoms. The van der Waals surface area contributed by atoms with Gasteiger partial charge in [-0.05, 0) is 24.9 Å². The molecule has 1 aliphatic rings. The number of nitrogens with zero attached hydrogens (tertiary/aromatic N) is 1. The van der Waals surface area contributed by atoms with Gasteiger partial charge < -0.3 is 10.6 Å². The highest BCUT2D eigenvalue weighted by atomic mass is 32.1. The summed E-state index contributed by atoms with van der Waals surface area (Å²) >= 11 is 1.51. The van der Waals surface area contributed by atoms with E-state index in [1.165, 1.54) is 11.3 Å². The zero-order valence-corrected chi connectivity index (χ0v) is 10.9. The molecule has 94 valence electrons. The molecule has 0 fully saturated rings. The average Bonchev–Trinajstić information content (AvgIpc) is 2.73. The number of hydrogen-bond acceptors (Lipinski definition) is 4. The second-order valence-electron chi connectivity index (χ2n) is 4.12. The Morgan fingerprint density at radius 3 is 3.22 bits per heavy atom. The van der Waals surface area contributed by atoms with Crippen LogP contribution in [0, 0.1) is 11.3 Å². The maximum atomic E-state index is 11.7. The fourth-order valence-corrected chi connectivity index (χ4v) is 3.15. The first-order chi connectivity index (χ1) is 8.76. The average molecular weight is 261 g/mol. The van der Waals surface area contributed by atoms with Crippen molar-refractivity contribution < 1.29 is 4.79 Å². The van der Waals surface area contributed by atoms with Gasteiger partial charge in [0.05, 0.1) is 5.56 Å². The van der Waals surface area contributed by atoms with Crippen LogP contribution in [0.1, 0.15) is 28.8 Å². The van der Waals surface area contributed by atoms with Crippen LogP contribution < -0.4 is 10.6 Å². The summed E-state index contributed by atoms with van der Waals surface area (Å²) in [5.41, 5.74) is 1.74. The molecule has 18 heavy (non-hydrogen) atoms. The summed E-state index contributed by atoms with van der Waals surface area (Å²) in [4.78, 5) is 12.8. The Hall–Kier alpha value is -1.64. The van der Waals surface area contributed by atoms with E-state index in [2.05, 4.69) is 23.3 Å². The fourth-order valence-electron chi connectivity index (χ4n) is 1.96. The first-order valence-corrected chi connectivity index (χ1v) is 6.74. The van der Waals surface area contributed by atoms with E-state index in [-0.39, 0.29) is 5.91 Å². The van der Waals surface area contributed by atoms with Crippen molar-refractivity contribution in [3.05, 3.63) is 28.7 Å². The quantitative estimate of drug-likeness (QED) is 0.816. The van der Waals surface area contributed by atoms with Gasteiger partial charge in [0.15, 0.2) is 0 Å². The lowest BCUT2D eigenvalue weighted by Crippen LogP contribution is -2.22. The molecule has 1 aromatic heterocycles. The molecule has 2 heterocycles. The second-order valence-corrected chi connectivity index (χ2v) is 5.23. The molecule has 0 spiro atoms. The van der Waals surface area contributed by atoms with Crippen molar-refractivity contribution >= 4 is 22.2 Å². The molecule has 0 unspecified atom stereocenters. The molecule has 1 aliphatic heterocycles. The molecule has 1 amide bonds. The van der Waals surface area contributed by atoms with E-state index in [1.807, 2.05) is 0 Å². The van der Waals surface area contributed by atoms with Crippen molar-refractivity contribution in [1.29, 1.82) is 5.26 Å². The minimum atomic E-state index is -0.0574. The number of nitrogens with one attached hydrogen (secondary N) is 2. The predicted molar refractivity (Wildman–Crippen MR) is 72.5 cm³/mol. The molecule has 0 aromatic carbocycles. The van der Waals surface area contributed by atoms with Gasteiger partial charge in [-0.1, -0.05) is 6.08 Å². The Morgan fingerprint density at radius 2 is 2.50 bits per heavy atom. The lowest BCUT2D eigenvalue weighted by Gasteiger charge is -2.11. The Kier molecular flexibility index (Phi) is 4.13. The van der Waals surface area contributed by atoms with Crippen molar-refractivity contribution in [2.45, 2.75) is 25.8 Å². The van der Waals surface area contributed by atoms with Crippen molar-refractivity contribution in [3.63, 3.8) is 0 Å². The zero-order valence-electron chi connectivity index (χ0n) is 10.1. The number of anilines is 1. The van der Waals surface area contributed by atoms with Crippen molar-refractivity contribution in [1.82, 2.24) is 5.32 Å². The first kappa shape index (κ1) is 12.8. The number of rotatable bonds is 4. The molecule has 0 saturated heterocycles. The monoisotopic (exact) mass is 261 g/mol. The summed E-state index contributed by atoms with van der Waals surface area (Å²) < 4.78 is 0. The Labute approximate surface area is 110 Å². The highest BCUT2D eigenvalue weighted by molar-refractivity contribution is 7.16. The van der Waals surface area contributed by atoms with Crippen LogP contribution >= 0.6 is 11.3 Å². The SMILES string of the molecule is C=CCCC(=O)Nc1sc2c(c1C#N)CCNC2. The lowest BCUT2D eigenvalue weighted by molar-refractivity contribution is -0.116. The zero-order chi connectivity index (χ0) is 13.0. The molecule has 4 nitrogen and oxygen atoms in total. The van der Waals surface area contributed by atoms with Gasteiger partial charge in [-0.2, -0.15) is 5.26 Å². The number of carbonyl (C=O) groups excluding carboxylic acids is 1. The van der Waals surface area contributed by atoms with E-state index in [0.717, 1.165) is 30.0 Å². The van der Waals surface area contributed by atoms with Gasteiger partial charge in [-0.15, -0.1) is 17.9 Å². The standard InChI is InChI=1S/C13H15N3OS/c1-2-3-4-12(17)16-13-10(7-14)9-5-6-15-8-11(9)18-13/h2,15H,1,3-6,8H2,(H,16,17). The normalized spacial score (nSPS) is 13.5. The molecule has 0 saturated carbocycles. The van der Waals surface area contributed by atoms with Crippen LogP contribution in [0.25, 0.3) is 0 Å². The molecule has 0 aliphatic carbocycles. The van der Waals surface area contributed by atoms with E-state index in [1.54, 1.807) is 6.08 Å². The van der Waals surface area contributed by atoms with Gasteiger partial charge in [-0.25, -0.2) is 0 Å². The van der Waals surface area contributed by atoms with Crippen LogP contribution in [0.5, 0.6) is 0 Å². The smallest absolute Gasteiger partial charge is 0.225 e. The van der Waals surface area contributed by atoms with E-state index in [4.69, 9.17) is 0 Å². The summed E-state index contributed by atoms with van der Waals surface area (Å²) in [6, 6.07) is 2.21. The minimum Gasteiger partial charge on any atom is -0.317 e. The van der Waals surface area contributed by atoms with Crippen LogP contribution in [0.3, 0.4) is 0 Å². The van der Waals surface area contributed by atoms with Crippen LogP contribution in [0.2, 0.25) is 0 Å². The third-order valence-electron chi connectivity index (χ3n) is 2.87. The van der Waals surface area contributed by atoms with Gasteiger partial charge in [0, 0.05) is 17.8 Å². The highest BCUT2D eigenvalue weighted by Gasteiger charge is 2.21. The second kappa shape index (κ2) is 5.80. The fraction of sp³-hybridized carbons (Fsp3) is 0.385. The maximum Gasteiger partial charge on any atom is 0.225 e. The summed E-state index contributed by atoms with van der Waals surface area (Å²) in [6.07, 6.45) is 3.64. The molecule has 2 rings (SSSR count). The third-order valence-corrected chi connectivity index (χ3v) is 4.02. The number of allylic oxidation sites excluding steroid dienone is 1. The summed E-state index contributed by atoms with van der Waals surface area (Å²) in [5.74, 6) is -0.0574. The van der Waals surface area contributed by atoms with Gasteiger partial charge in [0.25, 0.3) is 0 Å². The van der Waals surface area contributed by atoms with E-state index in [0.29, 0.717) is 23.4 Å². The van der Waals surface area contributed by atoms with Gasteiger partial charge in [0.2, 0.25) is 5.91 Å². The highest BCUT2D eigenvalue weighted by Crippen LogP contribution is 2.34. The molecule has 1 aromatic rings. The third kappa shape index (κ3) is 2.61. The number of hydrogen-bond donors (Lipinski definition) is 2. The van der Waals surface area contributed by atoms with E-state index in [9.17, 15) is 10.1 Å². The predicted octanol–water partition coefficient (Wildman–Crippen LogP) is 2.17. The number of amides is 1. The Bertz CT molecular complexity index is 513. The topological polar surface area (TPSA) is 64.9 Å². The van der Waals surface area contributed by atoms with Crippen LogP contribution in [-0.4, -0.2) is 12.5 Å². The molecule has 2 N–H and O–H groups in total. The van der Waals surface area contributed by atoms with E-state index < -0.39 is 0 Å². The van der Waals surface area contributed by atoms with Crippen molar-refractivity contribution in [2.24, 2.45) is 0 Å².